The first kappa shape index (κ1) is 8.90. The Labute approximate surface area is 85.2 Å². The molecule has 4 heteroatoms. The molecular weight excluding hydrogens is 196 g/mol. The van der Waals surface area contributed by atoms with Crippen molar-refractivity contribution >= 4 is 22.9 Å². The van der Waals surface area contributed by atoms with E-state index in [2.05, 4.69) is 4.98 Å². The van der Waals surface area contributed by atoms with Crippen molar-refractivity contribution in [3.63, 3.8) is 0 Å². The standard InChI is InChI=1S/C10H8N2OS/c11-9-5-1-3-7(12-9)10(13)8-4-2-6-14-8/h1-6H,(H2,11,12). The number of hydrogen-bond donors (Lipinski definition) is 1. The highest BCUT2D eigenvalue weighted by Gasteiger charge is 2.10. The number of rotatable bonds is 2. The van der Waals surface area contributed by atoms with Crippen LogP contribution >= 0.6 is 11.3 Å². The molecule has 0 saturated carbocycles. The fraction of sp³-hybridized carbons (Fsp3) is 0. The summed E-state index contributed by atoms with van der Waals surface area (Å²) in [4.78, 5) is 16.4. The summed E-state index contributed by atoms with van der Waals surface area (Å²) in [7, 11) is 0. The molecule has 0 spiro atoms. The number of aromatic nitrogens is 1. The molecule has 14 heavy (non-hydrogen) atoms. The summed E-state index contributed by atoms with van der Waals surface area (Å²) in [6, 6.07) is 8.66. The first-order valence-electron chi connectivity index (χ1n) is 4.08. The van der Waals surface area contributed by atoms with Gasteiger partial charge in [-0.05, 0) is 23.6 Å². The van der Waals surface area contributed by atoms with E-state index >= 15 is 0 Å². The molecule has 0 aromatic carbocycles. The molecule has 0 aliphatic carbocycles. The van der Waals surface area contributed by atoms with Crippen LogP contribution in [0.4, 0.5) is 5.82 Å². The van der Waals surface area contributed by atoms with Crippen molar-refractivity contribution in [3.8, 4) is 0 Å². The van der Waals surface area contributed by atoms with Gasteiger partial charge in [0.2, 0.25) is 5.78 Å². The van der Waals surface area contributed by atoms with Crippen LogP contribution in [0.5, 0.6) is 0 Å². The van der Waals surface area contributed by atoms with Crippen LogP contribution < -0.4 is 5.73 Å². The minimum Gasteiger partial charge on any atom is -0.384 e. The van der Waals surface area contributed by atoms with Gasteiger partial charge in [0, 0.05) is 0 Å². The van der Waals surface area contributed by atoms with Gasteiger partial charge in [0.25, 0.3) is 0 Å². The predicted octanol–water partition coefficient (Wildman–Crippen LogP) is 1.96. The zero-order valence-electron chi connectivity index (χ0n) is 7.31. The molecule has 0 atom stereocenters. The predicted molar refractivity (Wildman–Crippen MR) is 56.4 cm³/mol. The quantitative estimate of drug-likeness (QED) is 0.761. The largest absolute Gasteiger partial charge is 0.384 e. The van der Waals surface area contributed by atoms with E-state index in [1.165, 1.54) is 11.3 Å². The van der Waals surface area contributed by atoms with E-state index in [0.717, 1.165) is 0 Å². The first-order chi connectivity index (χ1) is 6.77. The third kappa shape index (κ3) is 1.65. The van der Waals surface area contributed by atoms with Crippen LogP contribution in [-0.2, 0) is 0 Å². The second kappa shape index (κ2) is 3.59. The third-order valence-electron chi connectivity index (χ3n) is 1.75. The topological polar surface area (TPSA) is 56.0 Å². The molecule has 2 aromatic rings. The number of nitrogens with zero attached hydrogens (tertiary/aromatic N) is 1. The van der Waals surface area contributed by atoms with Crippen LogP contribution in [0.3, 0.4) is 0 Å². The van der Waals surface area contributed by atoms with Crippen LogP contribution in [0.25, 0.3) is 0 Å². The van der Waals surface area contributed by atoms with Crippen LogP contribution in [-0.4, -0.2) is 10.8 Å². The Morgan fingerprint density at radius 1 is 1.29 bits per heavy atom. The molecule has 0 aliphatic heterocycles. The first-order valence-corrected chi connectivity index (χ1v) is 4.96. The van der Waals surface area contributed by atoms with E-state index in [-0.39, 0.29) is 5.78 Å². The lowest BCUT2D eigenvalue weighted by Gasteiger charge is -1.97. The highest BCUT2D eigenvalue weighted by atomic mass is 32.1. The number of thiophene rings is 1. The lowest BCUT2D eigenvalue weighted by Crippen LogP contribution is -2.03. The fourth-order valence-electron chi connectivity index (χ4n) is 1.11. The minimum absolute atomic E-state index is 0.0766. The molecule has 0 radical (unpaired) electrons. The van der Waals surface area contributed by atoms with Crippen LogP contribution in [0.2, 0.25) is 0 Å². The highest BCUT2D eigenvalue weighted by molar-refractivity contribution is 7.12. The maximum atomic E-state index is 11.8. The number of nitrogen functional groups attached to an aromatic ring is 1. The summed E-state index contributed by atoms with van der Waals surface area (Å²) in [5.74, 6) is 0.291. The monoisotopic (exact) mass is 204 g/mol. The normalized spacial score (nSPS) is 10.0. The fourth-order valence-corrected chi connectivity index (χ4v) is 1.78. The SMILES string of the molecule is Nc1cccc(C(=O)c2cccs2)n1. The molecule has 0 aliphatic rings. The van der Waals surface area contributed by atoms with Gasteiger partial charge in [0.05, 0.1) is 4.88 Å². The zero-order valence-corrected chi connectivity index (χ0v) is 8.12. The van der Waals surface area contributed by atoms with E-state index in [1.54, 1.807) is 24.3 Å². The van der Waals surface area contributed by atoms with Gasteiger partial charge < -0.3 is 5.73 Å². The van der Waals surface area contributed by atoms with Gasteiger partial charge in [-0.25, -0.2) is 4.98 Å². The average molecular weight is 204 g/mol. The van der Waals surface area contributed by atoms with Gasteiger partial charge in [-0.1, -0.05) is 12.1 Å². The molecule has 2 rings (SSSR count). The summed E-state index contributed by atoms with van der Waals surface area (Å²) in [6.45, 7) is 0. The van der Waals surface area contributed by atoms with E-state index in [9.17, 15) is 4.79 Å². The molecule has 2 N–H and O–H groups in total. The Morgan fingerprint density at radius 2 is 2.14 bits per heavy atom. The van der Waals surface area contributed by atoms with E-state index in [0.29, 0.717) is 16.4 Å². The number of hydrogen-bond acceptors (Lipinski definition) is 4. The smallest absolute Gasteiger partial charge is 0.221 e. The zero-order chi connectivity index (χ0) is 9.97. The van der Waals surface area contributed by atoms with Crippen molar-refractivity contribution in [2.75, 3.05) is 5.73 Å². The second-order valence-electron chi connectivity index (χ2n) is 2.75. The summed E-state index contributed by atoms with van der Waals surface area (Å²) in [5.41, 5.74) is 5.89. The van der Waals surface area contributed by atoms with Crippen molar-refractivity contribution in [2.45, 2.75) is 0 Å². The van der Waals surface area contributed by atoms with Crippen LogP contribution in [0.1, 0.15) is 15.4 Å². The summed E-state index contributed by atoms with van der Waals surface area (Å²) >= 11 is 1.40. The number of carbonyl (C=O) groups excluding carboxylic acids is 1. The molecule has 3 nitrogen and oxygen atoms in total. The summed E-state index contributed by atoms with van der Waals surface area (Å²) in [5, 5.41) is 1.86. The Hall–Kier alpha value is -1.68. The number of ketones is 1. The Bertz CT molecular complexity index is 451. The Balaban J connectivity index is 2.37. The molecule has 2 aromatic heterocycles. The summed E-state index contributed by atoms with van der Waals surface area (Å²) in [6.07, 6.45) is 0. The van der Waals surface area contributed by atoms with Gasteiger partial charge in [-0.15, -0.1) is 11.3 Å². The van der Waals surface area contributed by atoms with Crippen LogP contribution in [0.15, 0.2) is 35.7 Å². The molecule has 0 amide bonds. The Morgan fingerprint density at radius 3 is 2.79 bits per heavy atom. The average Bonchev–Trinajstić information content (AvgIpc) is 2.69. The number of pyridine rings is 1. The van der Waals surface area contributed by atoms with E-state index in [4.69, 9.17) is 5.73 Å². The molecule has 0 saturated heterocycles. The van der Waals surface area contributed by atoms with Crippen molar-refractivity contribution < 1.29 is 4.79 Å². The second-order valence-corrected chi connectivity index (χ2v) is 3.70. The van der Waals surface area contributed by atoms with Crippen molar-refractivity contribution in [2.24, 2.45) is 0 Å². The summed E-state index contributed by atoms with van der Waals surface area (Å²) < 4.78 is 0. The number of anilines is 1. The lowest BCUT2D eigenvalue weighted by atomic mass is 10.2. The molecule has 0 fully saturated rings. The highest BCUT2D eigenvalue weighted by Crippen LogP contribution is 2.14. The van der Waals surface area contributed by atoms with Crippen LogP contribution in [0, 0.1) is 0 Å². The molecule has 70 valence electrons. The number of nitrogens with two attached hydrogens (primary N) is 1. The van der Waals surface area contributed by atoms with Gasteiger partial charge in [0.1, 0.15) is 11.5 Å². The van der Waals surface area contributed by atoms with Crippen molar-refractivity contribution in [1.82, 2.24) is 4.98 Å². The Kier molecular flexibility index (Phi) is 2.28. The lowest BCUT2D eigenvalue weighted by molar-refractivity contribution is 0.103. The van der Waals surface area contributed by atoms with Gasteiger partial charge in [-0.3, -0.25) is 4.79 Å². The number of carbonyl (C=O) groups is 1. The van der Waals surface area contributed by atoms with Gasteiger partial charge in [-0.2, -0.15) is 0 Å². The van der Waals surface area contributed by atoms with Gasteiger partial charge >= 0.3 is 0 Å². The molecule has 0 bridgehead atoms. The third-order valence-corrected chi connectivity index (χ3v) is 2.62. The maximum Gasteiger partial charge on any atom is 0.221 e. The van der Waals surface area contributed by atoms with E-state index in [1.807, 2.05) is 11.4 Å². The molecule has 2 heterocycles. The van der Waals surface area contributed by atoms with Crippen molar-refractivity contribution in [1.29, 1.82) is 0 Å². The minimum atomic E-state index is -0.0766. The molecule has 0 unspecified atom stereocenters. The maximum absolute atomic E-state index is 11.8. The van der Waals surface area contributed by atoms with Gasteiger partial charge in [0.15, 0.2) is 0 Å². The van der Waals surface area contributed by atoms with Crippen molar-refractivity contribution in [3.05, 3.63) is 46.3 Å². The van der Waals surface area contributed by atoms with E-state index < -0.39 is 0 Å². The molecular formula is C10H8N2OS.